The molecule has 1 aromatic carbocycles. The van der Waals surface area contributed by atoms with Gasteiger partial charge in [0, 0.05) is 0 Å². The van der Waals surface area contributed by atoms with Crippen molar-refractivity contribution >= 4 is 0 Å². The van der Waals surface area contributed by atoms with Crippen LogP contribution in [0.25, 0.3) is 0 Å². The van der Waals surface area contributed by atoms with E-state index in [-0.39, 0.29) is 32.8 Å². The van der Waals surface area contributed by atoms with Crippen LogP contribution in [0.1, 0.15) is 0 Å². The van der Waals surface area contributed by atoms with Crippen LogP contribution in [0.2, 0.25) is 0 Å². The normalized spacial score (nSPS) is 10.3. The molecule has 0 aliphatic carbocycles. The molecule has 10 heavy (non-hydrogen) atoms. The second-order valence-corrected chi connectivity index (χ2v) is 3.99. The van der Waals surface area contributed by atoms with Crippen LogP contribution in [-0.2, 0) is 0 Å². The van der Waals surface area contributed by atoms with E-state index in [1.165, 1.54) is 12.1 Å². The van der Waals surface area contributed by atoms with Crippen LogP contribution in [-0.4, -0.2) is 4.93 Å². The monoisotopic (exact) mass is 255 g/mol. The summed E-state index contributed by atoms with van der Waals surface area (Å²) in [6.07, 6.45) is 0. The second kappa shape index (κ2) is 3.27. The van der Waals surface area contributed by atoms with Gasteiger partial charge in [0.25, 0.3) is 0 Å². The SMILES string of the molecule is C[I-]c1cc(F)ccc1F. The molecule has 0 spiro atoms. The molecule has 0 N–H and O–H groups in total. The van der Waals surface area contributed by atoms with Gasteiger partial charge in [-0.3, -0.25) is 0 Å². The molecule has 0 unspecified atom stereocenters. The molecule has 0 saturated carbocycles. The summed E-state index contributed by atoms with van der Waals surface area (Å²) in [7, 11) is 0. The molecular formula is C7H6F2I-. The quantitative estimate of drug-likeness (QED) is 0.338. The van der Waals surface area contributed by atoms with Gasteiger partial charge in [-0.2, -0.15) is 0 Å². The van der Waals surface area contributed by atoms with E-state index in [0.29, 0.717) is 3.57 Å². The molecule has 0 amide bonds. The van der Waals surface area contributed by atoms with E-state index in [2.05, 4.69) is 0 Å². The van der Waals surface area contributed by atoms with Crippen LogP contribution in [0, 0.1) is 15.2 Å². The van der Waals surface area contributed by atoms with Crippen molar-refractivity contribution in [3.8, 4) is 0 Å². The standard InChI is InChI=1S/C7H6F2I/c1-10-7-4-5(8)2-3-6(7)9/h2-4H,1H3/q-1. The molecule has 56 valence electrons. The van der Waals surface area contributed by atoms with Crippen LogP contribution in [0.4, 0.5) is 8.78 Å². The van der Waals surface area contributed by atoms with E-state index in [4.69, 9.17) is 0 Å². The van der Waals surface area contributed by atoms with Crippen molar-refractivity contribution in [3.05, 3.63) is 33.4 Å². The van der Waals surface area contributed by atoms with E-state index in [0.717, 1.165) is 6.07 Å². The van der Waals surface area contributed by atoms with Crippen LogP contribution >= 0.6 is 0 Å². The molecule has 0 aliphatic rings. The fourth-order valence-corrected chi connectivity index (χ4v) is 1.92. The van der Waals surface area contributed by atoms with Crippen LogP contribution < -0.4 is 21.2 Å². The van der Waals surface area contributed by atoms with Crippen LogP contribution in [0.3, 0.4) is 0 Å². The van der Waals surface area contributed by atoms with Crippen molar-refractivity contribution in [1.29, 1.82) is 0 Å². The number of halogens is 3. The predicted molar refractivity (Wildman–Crippen MR) is 31.0 cm³/mol. The van der Waals surface area contributed by atoms with E-state index in [9.17, 15) is 8.78 Å². The predicted octanol–water partition coefficient (Wildman–Crippen LogP) is -1.15. The Balaban J connectivity index is 3.09. The van der Waals surface area contributed by atoms with E-state index in [1.54, 1.807) is 0 Å². The zero-order valence-electron chi connectivity index (χ0n) is 5.37. The third-order valence-corrected chi connectivity index (χ3v) is 3.07. The summed E-state index contributed by atoms with van der Waals surface area (Å²) in [5.74, 6) is -0.630. The van der Waals surface area contributed by atoms with Crippen molar-refractivity contribution in [2.24, 2.45) is 0 Å². The van der Waals surface area contributed by atoms with E-state index >= 15 is 0 Å². The summed E-state index contributed by atoms with van der Waals surface area (Å²) < 4.78 is 25.6. The molecule has 0 heterocycles. The van der Waals surface area contributed by atoms with Gasteiger partial charge in [-0.05, 0) is 0 Å². The average Bonchev–Trinajstić information content (AvgIpc) is 1.94. The average molecular weight is 255 g/mol. The minimum absolute atomic E-state index is 0.281. The third kappa shape index (κ3) is 1.65. The Kier molecular flexibility index (Phi) is 2.59. The van der Waals surface area contributed by atoms with Crippen LogP contribution in [0.15, 0.2) is 18.2 Å². The molecule has 0 fully saturated rings. The Morgan fingerprint density at radius 3 is 2.50 bits per heavy atom. The van der Waals surface area contributed by atoms with Gasteiger partial charge in [0.05, 0.1) is 0 Å². The van der Waals surface area contributed by atoms with Crippen molar-refractivity contribution in [2.45, 2.75) is 0 Å². The molecule has 0 aromatic heterocycles. The van der Waals surface area contributed by atoms with Gasteiger partial charge in [0.2, 0.25) is 0 Å². The molecule has 0 aliphatic heterocycles. The first kappa shape index (κ1) is 7.91. The zero-order valence-corrected chi connectivity index (χ0v) is 7.52. The van der Waals surface area contributed by atoms with Gasteiger partial charge in [0.15, 0.2) is 0 Å². The molecule has 3 heteroatoms. The molecule has 0 atom stereocenters. The van der Waals surface area contributed by atoms with Crippen molar-refractivity contribution in [2.75, 3.05) is 4.93 Å². The van der Waals surface area contributed by atoms with Gasteiger partial charge in [-0.1, -0.05) is 0 Å². The molecule has 0 saturated heterocycles. The van der Waals surface area contributed by atoms with Gasteiger partial charge < -0.3 is 0 Å². The first-order valence-corrected chi connectivity index (χ1v) is 5.92. The number of benzene rings is 1. The number of hydrogen-bond acceptors (Lipinski definition) is 0. The summed E-state index contributed by atoms with van der Waals surface area (Å²) in [6.45, 7) is 0. The molecule has 0 nitrogen and oxygen atoms in total. The summed E-state index contributed by atoms with van der Waals surface area (Å²) in [5.41, 5.74) is 0. The first-order chi connectivity index (χ1) is 4.74. The Bertz CT molecular complexity index is 235. The topological polar surface area (TPSA) is 0 Å². The Hall–Kier alpha value is -0.190. The summed E-state index contributed by atoms with van der Waals surface area (Å²) in [6, 6.07) is 3.58. The maximum absolute atomic E-state index is 12.6. The van der Waals surface area contributed by atoms with Crippen LogP contribution in [0.5, 0.6) is 0 Å². The summed E-state index contributed by atoms with van der Waals surface area (Å²) in [5, 5.41) is 0. The summed E-state index contributed by atoms with van der Waals surface area (Å²) in [4.78, 5) is 1.90. The Morgan fingerprint density at radius 1 is 1.30 bits per heavy atom. The molecular weight excluding hydrogens is 249 g/mol. The first-order valence-electron chi connectivity index (χ1n) is 2.68. The van der Waals surface area contributed by atoms with E-state index < -0.39 is 0 Å². The molecule has 0 radical (unpaired) electrons. The number of alkyl halides is 1. The van der Waals surface area contributed by atoms with Crippen molar-refractivity contribution in [3.63, 3.8) is 0 Å². The fourth-order valence-electron chi connectivity index (χ4n) is 0.615. The Morgan fingerprint density at radius 2 is 2.00 bits per heavy atom. The maximum atomic E-state index is 12.6. The summed E-state index contributed by atoms with van der Waals surface area (Å²) >= 11 is -0.344. The minimum atomic E-state index is -0.349. The van der Waals surface area contributed by atoms with Crippen molar-refractivity contribution in [1.82, 2.24) is 0 Å². The van der Waals surface area contributed by atoms with Gasteiger partial charge in [0.1, 0.15) is 0 Å². The van der Waals surface area contributed by atoms with Gasteiger partial charge >= 0.3 is 68.3 Å². The zero-order chi connectivity index (χ0) is 7.56. The van der Waals surface area contributed by atoms with E-state index in [1.807, 2.05) is 4.93 Å². The second-order valence-electron chi connectivity index (χ2n) is 1.75. The van der Waals surface area contributed by atoms with Gasteiger partial charge in [-0.15, -0.1) is 0 Å². The fraction of sp³-hybridized carbons (Fsp3) is 0.143. The molecule has 1 rings (SSSR count). The molecule has 1 aromatic rings. The number of hydrogen-bond donors (Lipinski definition) is 0. The van der Waals surface area contributed by atoms with Gasteiger partial charge in [-0.25, -0.2) is 0 Å². The molecule has 0 bridgehead atoms. The third-order valence-electron chi connectivity index (χ3n) is 1.09. The van der Waals surface area contributed by atoms with Crippen molar-refractivity contribution < 1.29 is 30.0 Å². The number of rotatable bonds is 1. The Labute approximate surface area is 68.5 Å².